The van der Waals surface area contributed by atoms with Crippen LogP contribution >= 0.6 is 0 Å². The number of carbonyl (C=O) groups is 1. The quantitative estimate of drug-likeness (QED) is 0.472. The van der Waals surface area contributed by atoms with Crippen molar-refractivity contribution in [3.8, 4) is 11.8 Å². The monoisotopic (exact) mass is 436 g/mol. The lowest BCUT2D eigenvalue weighted by Crippen LogP contribution is -2.13. The van der Waals surface area contributed by atoms with Crippen LogP contribution in [0.25, 0.3) is 17.0 Å². The van der Waals surface area contributed by atoms with Gasteiger partial charge in [0.15, 0.2) is 0 Å². The van der Waals surface area contributed by atoms with E-state index in [4.69, 9.17) is 5.11 Å². The van der Waals surface area contributed by atoms with Crippen molar-refractivity contribution in [2.24, 2.45) is 0 Å². The Morgan fingerprint density at radius 3 is 2.55 bits per heavy atom. The third-order valence-electron chi connectivity index (χ3n) is 4.59. The average Bonchev–Trinajstić information content (AvgIpc) is 3.34. The molecule has 1 aromatic carbocycles. The number of fused-ring (bicyclic) bond motifs is 1. The summed E-state index contributed by atoms with van der Waals surface area (Å²) in [6.07, 6.45) is -1.25. The van der Waals surface area contributed by atoms with E-state index in [0.717, 1.165) is 21.8 Å². The number of hydrogen-bond acceptors (Lipinski definition) is 6. The normalized spacial score (nSPS) is 12.9. The van der Waals surface area contributed by atoms with Gasteiger partial charge in [0.1, 0.15) is 16.9 Å². The van der Waals surface area contributed by atoms with Gasteiger partial charge in [-0.3, -0.25) is 4.68 Å². The molecule has 0 bridgehead atoms. The van der Waals surface area contributed by atoms with Gasteiger partial charge in [0.25, 0.3) is 5.95 Å². The zero-order valence-electron chi connectivity index (χ0n) is 15.5. The molecular formula is C18H12F4N6O3. The van der Waals surface area contributed by atoms with Gasteiger partial charge in [0.05, 0.1) is 29.6 Å². The molecule has 0 aliphatic heterocycles. The summed E-state index contributed by atoms with van der Waals surface area (Å²) in [5, 5.41) is 27.2. The Kier molecular flexibility index (Phi) is 4.60. The molecule has 13 heteroatoms. The third kappa shape index (κ3) is 3.53. The lowest BCUT2D eigenvalue weighted by Gasteiger charge is -2.17. The number of aromatic nitrogens is 6. The lowest BCUT2D eigenvalue weighted by atomic mass is 10.0. The molecule has 4 rings (SSSR count). The van der Waals surface area contributed by atoms with Crippen molar-refractivity contribution in [3.63, 3.8) is 0 Å². The van der Waals surface area contributed by atoms with Gasteiger partial charge in [-0.2, -0.15) is 28.4 Å². The summed E-state index contributed by atoms with van der Waals surface area (Å²) in [4.78, 5) is 19.0. The Morgan fingerprint density at radius 2 is 1.90 bits per heavy atom. The van der Waals surface area contributed by atoms with E-state index >= 15 is 0 Å². The van der Waals surface area contributed by atoms with Crippen LogP contribution in [0.2, 0.25) is 0 Å². The number of rotatable bonds is 4. The SMILES string of the molecule is C[C@@H](c1cc(C(F)(F)F)ccc1F)n1ncc2nc(-n3cc(C(=O)O)cn3)nc(O)c21. The Labute approximate surface area is 170 Å². The van der Waals surface area contributed by atoms with Crippen molar-refractivity contribution < 1.29 is 32.6 Å². The molecule has 2 N–H and O–H groups in total. The van der Waals surface area contributed by atoms with Gasteiger partial charge in [-0.25, -0.2) is 18.9 Å². The van der Waals surface area contributed by atoms with E-state index in [1.54, 1.807) is 0 Å². The molecular weight excluding hydrogens is 424 g/mol. The molecule has 9 nitrogen and oxygen atoms in total. The molecule has 0 unspecified atom stereocenters. The van der Waals surface area contributed by atoms with Crippen molar-refractivity contribution in [1.29, 1.82) is 0 Å². The fourth-order valence-corrected chi connectivity index (χ4v) is 3.04. The number of carboxylic acids is 1. The predicted molar refractivity (Wildman–Crippen MR) is 96.3 cm³/mol. The first-order chi connectivity index (χ1) is 14.6. The number of hydrogen-bond donors (Lipinski definition) is 2. The second-order valence-corrected chi connectivity index (χ2v) is 6.56. The summed E-state index contributed by atoms with van der Waals surface area (Å²) in [5.74, 6) is -2.85. The third-order valence-corrected chi connectivity index (χ3v) is 4.59. The minimum atomic E-state index is -4.66. The minimum absolute atomic E-state index is 0.0429. The largest absolute Gasteiger partial charge is 0.492 e. The number of benzene rings is 1. The van der Waals surface area contributed by atoms with Gasteiger partial charge in [-0.1, -0.05) is 0 Å². The van der Waals surface area contributed by atoms with Crippen molar-refractivity contribution in [1.82, 2.24) is 29.5 Å². The highest BCUT2D eigenvalue weighted by atomic mass is 19.4. The molecule has 0 amide bonds. The van der Waals surface area contributed by atoms with E-state index in [0.29, 0.717) is 18.2 Å². The van der Waals surface area contributed by atoms with Gasteiger partial charge >= 0.3 is 12.1 Å². The van der Waals surface area contributed by atoms with Gasteiger partial charge in [-0.15, -0.1) is 0 Å². The zero-order chi connectivity index (χ0) is 22.5. The fourth-order valence-electron chi connectivity index (χ4n) is 3.04. The lowest BCUT2D eigenvalue weighted by molar-refractivity contribution is -0.137. The highest BCUT2D eigenvalue weighted by Gasteiger charge is 2.32. The number of aromatic carboxylic acids is 1. The van der Waals surface area contributed by atoms with Crippen LogP contribution in [0.4, 0.5) is 17.6 Å². The molecule has 0 aliphatic carbocycles. The van der Waals surface area contributed by atoms with Crippen molar-refractivity contribution in [3.05, 3.63) is 59.3 Å². The number of nitrogens with zero attached hydrogens (tertiary/aromatic N) is 6. The van der Waals surface area contributed by atoms with Crippen LogP contribution in [0.5, 0.6) is 5.88 Å². The van der Waals surface area contributed by atoms with Crippen molar-refractivity contribution in [2.45, 2.75) is 19.1 Å². The van der Waals surface area contributed by atoms with Gasteiger partial charge < -0.3 is 10.2 Å². The molecule has 31 heavy (non-hydrogen) atoms. The van der Waals surface area contributed by atoms with E-state index in [-0.39, 0.29) is 28.1 Å². The highest BCUT2D eigenvalue weighted by Crippen LogP contribution is 2.34. The first kappa shape index (κ1) is 20.3. The maximum atomic E-state index is 14.3. The van der Waals surface area contributed by atoms with E-state index in [1.165, 1.54) is 13.1 Å². The first-order valence-electron chi connectivity index (χ1n) is 8.65. The summed E-state index contributed by atoms with van der Waals surface area (Å²) in [5.41, 5.74) is -1.40. The van der Waals surface area contributed by atoms with E-state index in [9.17, 15) is 27.5 Å². The molecule has 0 aliphatic rings. The van der Waals surface area contributed by atoms with Crippen molar-refractivity contribution in [2.75, 3.05) is 0 Å². The number of aromatic hydroxyl groups is 1. The summed E-state index contributed by atoms with van der Waals surface area (Å²) in [6, 6.07) is 0.988. The number of alkyl halides is 3. The summed E-state index contributed by atoms with van der Waals surface area (Å²) in [6.45, 7) is 1.41. The van der Waals surface area contributed by atoms with E-state index < -0.39 is 35.4 Å². The minimum Gasteiger partial charge on any atom is -0.492 e. The molecule has 160 valence electrons. The summed E-state index contributed by atoms with van der Waals surface area (Å²) >= 11 is 0. The van der Waals surface area contributed by atoms with E-state index in [1.807, 2.05) is 0 Å². The number of carboxylic acid groups (broad SMARTS) is 1. The molecule has 3 heterocycles. The van der Waals surface area contributed by atoms with Crippen LogP contribution in [-0.4, -0.2) is 45.7 Å². The highest BCUT2D eigenvalue weighted by molar-refractivity contribution is 5.87. The van der Waals surface area contributed by atoms with Crippen LogP contribution in [-0.2, 0) is 6.18 Å². The maximum Gasteiger partial charge on any atom is 0.416 e. The zero-order valence-corrected chi connectivity index (χ0v) is 15.5. The Balaban J connectivity index is 1.78. The molecule has 0 radical (unpaired) electrons. The Morgan fingerprint density at radius 1 is 1.16 bits per heavy atom. The topological polar surface area (TPSA) is 119 Å². The van der Waals surface area contributed by atoms with Crippen LogP contribution in [0.15, 0.2) is 36.8 Å². The van der Waals surface area contributed by atoms with Gasteiger partial charge in [0.2, 0.25) is 5.88 Å². The maximum absolute atomic E-state index is 14.3. The van der Waals surface area contributed by atoms with Crippen molar-refractivity contribution >= 4 is 17.0 Å². The second kappa shape index (κ2) is 7.04. The van der Waals surface area contributed by atoms with Crippen LogP contribution in [0.3, 0.4) is 0 Å². The standard InChI is InChI=1S/C18H12F4N6O3/c1-8(11-4-10(18(20,21)22)2-3-12(11)19)28-14-13(6-24-28)25-17(26-15(14)29)27-7-9(5-23-27)16(30)31/h2-8H,1H3,(H,30,31)(H,25,26,29)/t8-/m0/s1. The summed E-state index contributed by atoms with van der Waals surface area (Å²) < 4.78 is 55.5. The fraction of sp³-hybridized carbons (Fsp3) is 0.167. The van der Waals surface area contributed by atoms with Crippen LogP contribution in [0.1, 0.15) is 34.5 Å². The summed E-state index contributed by atoms with van der Waals surface area (Å²) in [7, 11) is 0. The van der Waals surface area contributed by atoms with Crippen LogP contribution < -0.4 is 0 Å². The van der Waals surface area contributed by atoms with Gasteiger partial charge in [0, 0.05) is 11.8 Å². The molecule has 0 saturated carbocycles. The Hall–Kier alpha value is -4.03. The molecule has 0 saturated heterocycles. The molecule has 4 aromatic rings. The van der Waals surface area contributed by atoms with E-state index in [2.05, 4.69) is 20.2 Å². The second-order valence-electron chi connectivity index (χ2n) is 6.56. The molecule has 3 aromatic heterocycles. The smallest absolute Gasteiger partial charge is 0.416 e. The molecule has 0 spiro atoms. The molecule has 1 atom stereocenters. The Bertz CT molecular complexity index is 1310. The average molecular weight is 436 g/mol. The first-order valence-corrected chi connectivity index (χ1v) is 8.65. The van der Waals surface area contributed by atoms with Gasteiger partial charge in [-0.05, 0) is 25.1 Å². The predicted octanol–water partition coefficient (Wildman–Crippen LogP) is 3.18. The molecule has 0 fully saturated rings. The number of halogens is 4. The van der Waals surface area contributed by atoms with Crippen LogP contribution in [0, 0.1) is 5.82 Å².